The summed E-state index contributed by atoms with van der Waals surface area (Å²) in [6.45, 7) is 0. The van der Waals surface area contributed by atoms with Crippen LogP contribution in [-0.2, 0) is 4.79 Å². The van der Waals surface area contributed by atoms with Gasteiger partial charge in [0.15, 0.2) is 5.17 Å². The van der Waals surface area contributed by atoms with Crippen LogP contribution in [0.4, 0.5) is 5.69 Å². The van der Waals surface area contributed by atoms with Crippen LogP contribution in [0.1, 0.15) is 5.56 Å². The molecular weight excluding hydrogens is 320 g/mol. The second-order valence-corrected chi connectivity index (χ2v) is 6.18. The Kier molecular flexibility index (Phi) is 3.80. The van der Waals surface area contributed by atoms with Crippen LogP contribution in [0.15, 0.2) is 71.0 Å². The van der Waals surface area contributed by atoms with Crippen LogP contribution in [0.5, 0.6) is 0 Å². The number of hydrogen-bond acceptors (Lipinski definition) is 5. The Morgan fingerprint density at radius 1 is 1.12 bits per heavy atom. The first kappa shape index (κ1) is 14.6. The van der Waals surface area contributed by atoms with Crippen LogP contribution < -0.4 is 5.32 Å². The van der Waals surface area contributed by atoms with Gasteiger partial charge in [-0.05, 0) is 53.7 Å². The quantitative estimate of drug-likeness (QED) is 0.729. The highest BCUT2D eigenvalue weighted by Gasteiger charge is 2.23. The molecule has 5 nitrogen and oxygen atoms in total. The molecule has 4 rings (SSSR count). The van der Waals surface area contributed by atoms with Gasteiger partial charge in [0.1, 0.15) is 0 Å². The maximum atomic E-state index is 12.1. The lowest BCUT2D eigenvalue weighted by molar-refractivity contribution is -0.115. The van der Waals surface area contributed by atoms with E-state index in [1.807, 2.05) is 42.5 Å². The van der Waals surface area contributed by atoms with Gasteiger partial charge in [0.2, 0.25) is 0 Å². The average Bonchev–Trinajstić information content (AvgIpc) is 2.95. The van der Waals surface area contributed by atoms with Crippen molar-refractivity contribution in [3.63, 3.8) is 0 Å². The van der Waals surface area contributed by atoms with Crippen LogP contribution in [0, 0.1) is 0 Å². The lowest BCUT2D eigenvalue weighted by atomic mass is 10.1. The third-order valence-electron chi connectivity index (χ3n) is 3.45. The lowest BCUT2D eigenvalue weighted by Gasteiger charge is -1.99. The third-order valence-corrected chi connectivity index (χ3v) is 4.36. The molecule has 0 atom stereocenters. The minimum absolute atomic E-state index is 0.145. The van der Waals surface area contributed by atoms with Crippen molar-refractivity contribution in [1.82, 2.24) is 15.3 Å². The van der Waals surface area contributed by atoms with Crippen molar-refractivity contribution in [2.24, 2.45) is 4.99 Å². The first-order valence-electron chi connectivity index (χ1n) is 7.32. The number of hydrogen-bond donors (Lipinski definition) is 1. The van der Waals surface area contributed by atoms with Gasteiger partial charge in [-0.2, -0.15) is 0 Å². The number of amides is 1. The number of aliphatic imine (C=N–C) groups is 1. The molecule has 0 unspecified atom stereocenters. The normalized spacial score (nSPS) is 17.6. The van der Waals surface area contributed by atoms with Crippen LogP contribution in [0.25, 0.3) is 17.0 Å². The average molecular weight is 332 g/mol. The van der Waals surface area contributed by atoms with Gasteiger partial charge >= 0.3 is 0 Å². The maximum Gasteiger partial charge on any atom is 0.264 e. The number of rotatable bonds is 2. The summed E-state index contributed by atoms with van der Waals surface area (Å²) in [6.07, 6.45) is 6.96. The second kappa shape index (κ2) is 6.25. The Labute approximate surface area is 142 Å². The SMILES string of the molecule is O=C1NC(=Nc2cccnc2)S/C1=C\c1ccc2ncccc2c1. The molecule has 0 saturated carbocycles. The predicted molar refractivity (Wildman–Crippen MR) is 96.8 cm³/mol. The van der Waals surface area contributed by atoms with Crippen molar-refractivity contribution in [3.8, 4) is 0 Å². The van der Waals surface area contributed by atoms with E-state index in [2.05, 4.69) is 20.3 Å². The first-order valence-corrected chi connectivity index (χ1v) is 8.14. The Bertz CT molecular complexity index is 982. The number of carbonyl (C=O) groups is 1. The van der Waals surface area contributed by atoms with E-state index in [-0.39, 0.29) is 5.91 Å². The van der Waals surface area contributed by atoms with Crippen molar-refractivity contribution in [2.45, 2.75) is 0 Å². The minimum Gasteiger partial charge on any atom is -0.300 e. The molecule has 1 aromatic carbocycles. The zero-order chi connectivity index (χ0) is 16.4. The number of nitrogens with one attached hydrogen (secondary N) is 1. The third kappa shape index (κ3) is 3.04. The number of benzene rings is 1. The molecule has 24 heavy (non-hydrogen) atoms. The monoisotopic (exact) mass is 332 g/mol. The fraction of sp³-hybridized carbons (Fsp3) is 0. The maximum absolute atomic E-state index is 12.1. The fourth-order valence-corrected chi connectivity index (χ4v) is 3.19. The first-order chi connectivity index (χ1) is 11.8. The minimum atomic E-state index is -0.145. The molecule has 0 spiro atoms. The van der Waals surface area contributed by atoms with Crippen molar-refractivity contribution >= 4 is 45.5 Å². The van der Waals surface area contributed by atoms with Crippen molar-refractivity contribution in [3.05, 3.63) is 71.5 Å². The molecule has 0 radical (unpaired) electrons. The largest absolute Gasteiger partial charge is 0.300 e. The van der Waals surface area contributed by atoms with E-state index in [1.165, 1.54) is 11.8 Å². The van der Waals surface area contributed by atoms with E-state index in [9.17, 15) is 4.79 Å². The van der Waals surface area contributed by atoms with Gasteiger partial charge in [-0.1, -0.05) is 12.1 Å². The van der Waals surface area contributed by atoms with Crippen LogP contribution >= 0.6 is 11.8 Å². The van der Waals surface area contributed by atoms with Gasteiger partial charge in [-0.3, -0.25) is 14.8 Å². The highest BCUT2D eigenvalue weighted by Crippen LogP contribution is 2.28. The molecule has 1 N–H and O–H groups in total. The fourth-order valence-electron chi connectivity index (χ4n) is 2.35. The van der Waals surface area contributed by atoms with Crippen molar-refractivity contribution < 1.29 is 4.79 Å². The molecule has 3 heterocycles. The van der Waals surface area contributed by atoms with Gasteiger partial charge < -0.3 is 5.32 Å². The summed E-state index contributed by atoms with van der Waals surface area (Å²) in [5.41, 5.74) is 2.59. The Morgan fingerprint density at radius 3 is 2.92 bits per heavy atom. The Morgan fingerprint density at radius 2 is 2.04 bits per heavy atom. The second-order valence-electron chi connectivity index (χ2n) is 5.15. The number of aromatic nitrogens is 2. The van der Waals surface area contributed by atoms with Gasteiger partial charge in [-0.25, -0.2) is 4.99 Å². The smallest absolute Gasteiger partial charge is 0.264 e. The lowest BCUT2D eigenvalue weighted by Crippen LogP contribution is -2.19. The van der Waals surface area contributed by atoms with Gasteiger partial charge in [0, 0.05) is 17.8 Å². The number of carbonyl (C=O) groups excluding carboxylic acids is 1. The van der Waals surface area contributed by atoms with Crippen molar-refractivity contribution in [1.29, 1.82) is 0 Å². The molecule has 3 aromatic rings. The summed E-state index contributed by atoms with van der Waals surface area (Å²) in [5, 5.41) is 4.37. The molecule has 1 aliphatic heterocycles. The molecule has 0 bridgehead atoms. The molecule has 1 amide bonds. The summed E-state index contributed by atoms with van der Waals surface area (Å²) < 4.78 is 0. The topological polar surface area (TPSA) is 67.2 Å². The zero-order valence-corrected chi connectivity index (χ0v) is 13.3. The van der Waals surface area contributed by atoms with Crippen molar-refractivity contribution in [2.75, 3.05) is 0 Å². The van der Waals surface area contributed by atoms with Gasteiger partial charge in [0.05, 0.1) is 22.3 Å². The van der Waals surface area contributed by atoms with E-state index in [0.717, 1.165) is 16.5 Å². The van der Waals surface area contributed by atoms with E-state index in [0.29, 0.717) is 15.8 Å². The van der Waals surface area contributed by atoms with E-state index >= 15 is 0 Å². The summed E-state index contributed by atoms with van der Waals surface area (Å²) in [7, 11) is 0. The Hall–Kier alpha value is -2.99. The molecule has 6 heteroatoms. The molecule has 116 valence electrons. The van der Waals surface area contributed by atoms with Gasteiger partial charge in [0.25, 0.3) is 5.91 Å². The van der Waals surface area contributed by atoms with Crippen LogP contribution in [0.2, 0.25) is 0 Å². The van der Waals surface area contributed by atoms with Crippen LogP contribution in [0.3, 0.4) is 0 Å². The molecular formula is C18H12N4OS. The van der Waals surface area contributed by atoms with Crippen LogP contribution in [-0.4, -0.2) is 21.0 Å². The molecule has 1 fully saturated rings. The molecule has 1 saturated heterocycles. The molecule has 0 aliphatic carbocycles. The van der Waals surface area contributed by atoms with Gasteiger partial charge in [-0.15, -0.1) is 0 Å². The van der Waals surface area contributed by atoms with E-state index in [4.69, 9.17) is 0 Å². The number of nitrogens with zero attached hydrogens (tertiary/aromatic N) is 3. The molecule has 1 aliphatic rings. The number of amidine groups is 1. The summed E-state index contributed by atoms with van der Waals surface area (Å²) >= 11 is 1.32. The van der Waals surface area contributed by atoms with E-state index < -0.39 is 0 Å². The Balaban J connectivity index is 1.62. The highest BCUT2D eigenvalue weighted by molar-refractivity contribution is 8.18. The standard InChI is InChI=1S/C18H12N4OS/c23-17-16(24-18(22-17)21-14-4-2-7-19-11-14)10-12-5-6-15-13(9-12)3-1-8-20-15/h1-11H,(H,21,22,23)/b16-10-. The number of thioether (sulfide) groups is 1. The summed E-state index contributed by atoms with van der Waals surface area (Å²) in [5.74, 6) is -0.145. The number of pyridine rings is 2. The van der Waals surface area contributed by atoms with E-state index in [1.54, 1.807) is 24.7 Å². The predicted octanol–water partition coefficient (Wildman–Crippen LogP) is 3.52. The summed E-state index contributed by atoms with van der Waals surface area (Å²) in [4.78, 5) is 25.4. The highest BCUT2D eigenvalue weighted by atomic mass is 32.2. The summed E-state index contributed by atoms with van der Waals surface area (Å²) in [6, 6.07) is 13.5. The molecule has 2 aromatic heterocycles. The zero-order valence-electron chi connectivity index (χ0n) is 12.5. The number of fused-ring (bicyclic) bond motifs is 1.